The minimum absolute atomic E-state index is 0.0366. The van der Waals surface area contributed by atoms with Crippen molar-refractivity contribution in [3.8, 4) is 11.1 Å². The number of carbonyl (C=O) groups is 5. The van der Waals surface area contributed by atoms with Crippen LogP contribution in [0, 0.1) is 0 Å². The van der Waals surface area contributed by atoms with E-state index < -0.39 is 35.8 Å². The second-order valence-corrected chi connectivity index (χ2v) is 16.3. The summed E-state index contributed by atoms with van der Waals surface area (Å²) in [7, 11) is 0. The van der Waals surface area contributed by atoms with Crippen LogP contribution in [0.3, 0.4) is 0 Å². The Balaban J connectivity index is 0.607. The number of fused-ring (bicyclic) bond motifs is 4. The topological polar surface area (TPSA) is 226 Å². The average molecular weight is 993 g/mol. The van der Waals surface area contributed by atoms with E-state index in [0.717, 1.165) is 4.90 Å². The van der Waals surface area contributed by atoms with Gasteiger partial charge < -0.3 is 62.7 Å². The van der Waals surface area contributed by atoms with Crippen LogP contribution in [0.1, 0.15) is 57.0 Å². The fourth-order valence-corrected chi connectivity index (χ4v) is 8.02. The lowest BCUT2D eigenvalue weighted by molar-refractivity contribution is -0.136. The molecule has 1 saturated heterocycles. The quantitative estimate of drug-likeness (QED) is 0.0551. The first-order valence-corrected chi connectivity index (χ1v) is 24.4. The van der Waals surface area contributed by atoms with Gasteiger partial charge >= 0.3 is 6.09 Å². The summed E-state index contributed by atoms with van der Waals surface area (Å²) in [6.45, 7) is 9.92. The Labute approximate surface area is 414 Å². The third-order valence-corrected chi connectivity index (χ3v) is 11.5. The Morgan fingerprint density at radius 1 is 0.521 bits per heavy atom. The molecule has 20 nitrogen and oxygen atoms in total. The van der Waals surface area contributed by atoms with E-state index in [0.29, 0.717) is 164 Å². The summed E-state index contributed by atoms with van der Waals surface area (Å²) in [5.41, 5.74) is 5.66. The van der Waals surface area contributed by atoms with Crippen molar-refractivity contribution in [1.29, 1.82) is 0 Å². The fraction of sp³-hybridized carbons (Fsp3) is 0.549. The smallest absolute Gasteiger partial charge is 0.407 e. The number of ether oxygens (including phenoxy) is 11. The van der Waals surface area contributed by atoms with E-state index in [9.17, 15) is 24.0 Å². The molecule has 5 amide bonds. The van der Waals surface area contributed by atoms with Gasteiger partial charge in [0.1, 0.15) is 12.6 Å². The largest absolute Gasteiger partial charge is 0.449 e. The van der Waals surface area contributed by atoms with Crippen molar-refractivity contribution >= 4 is 35.4 Å². The van der Waals surface area contributed by atoms with E-state index in [1.165, 1.54) is 22.3 Å². The van der Waals surface area contributed by atoms with Gasteiger partial charge in [-0.3, -0.25) is 29.4 Å². The van der Waals surface area contributed by atoms with E-state index in [2.05, 4.69) is 40.2 Å². The lowest BCUT2D eigenvalue weighted by atomic mass is 9.98. The zero-order chi connectivity index (χ0) is 49.7. The van der Waals surface area contributed by atoms with Crippen molar-refractivity contribution in [2.75, 3.05) is 157 Å². The van der Waals surface area contributed by atoms with E-state index >= 15 is 0 Å². The third kappa shape index (κ3) is 18.0. The maximum absolute atomic E-state index is 13.2. The Hall–Kier alpha value is -5.39. The molecule has 0 aromatic heterocycles. The highest BCUT2D eigenvalue weighted by Gasteiger charge is 2.45. The van der Waals surface area contributed by atoms with Gasteiger partial charge in [-0.1, -0.05) is 54.6 Å². The molecule has 1 fully saturated rings. The summed E-state index contributed by atoms with van der Waals surface area (Å²) in [4.78, 5) is 63.3. The number of nitrogens with one attached hydrogen (secondary N) is 3. The minimum Gasteiger partial charge on any atom is -0.449 e. The molecule has 20 heteroatoms. The Morgan fingerprint density at radius 2 is 0.972 bits per heavy atom. The van der Waals surface area contributed by atoms with Crippen molar-refractivity contribution in [2.24, 2.45) is 0 Å². The molecule has 1 atom stereocenters. The van der Waals surface area contributed by atoms with Gasteiger partial charge in [0.15, 0.2) is 0 Å². The van der Waals surface area contributed by atoms with Gasteiger partial charge in [0.05, 0.1) is 137 Å². The fourth-order valence-electron chi connectivity index (χ4n) is 8.02. The van der Waals surface area contributed by atoms with Crippen molar-refractivity contribution < 1.29 is 76.1 Å². The van der Waals surface area contributed by atoms with Crippen LogP contribution in [0.15, 0.2) is 66.7 Å². The number of carbonyl (C=O) groups excluding carboxylic acids is 5. The van der Waals surface area contributed by atoms with Crippen LogP contribution < -0.4 is 16.0 Å². The number of hydrogen-bond donors (Lipinski definition) is 3. The SMILES string of the molecule is O=C1CCC(N2C(=O)c3cccc(NCCOCCOCCOCCOCCOCCOCCOCCOCCOCCOCCCNC(=O)OCC4c5ccccc5-c5ccccc54)c3C2=O)C(=O)N1. The summed E-state index contributed by atoms with van der Waals surface area (Å²) in [5, 5.41) is 8.14. The molecule has 3 aromatic rings. The molecule has 2 heterocycles. The number of rotatable bonds is 38. The van der Waals surface area contributed by atoms with E-state index in [4.69, 9.17) is 52.1 Å². The molecule has 2 aliphatic heterocycles. The molecular weight excluding hydrogens is 925 g/mol. The molecule has 388 valence electrons. The van der Waals surface area contributed by atoms with Crippen LogP contribution in [-0.2, 0) is 61.7 Å². The number of nitrogens with zero attached hydrogens (tertiary/aromatic N) is 1. The highest BCUT2D eigenvalue weighted by Crippen LogP contribution is 2.44. The van der Waals surface area contributed by atoms with Crippen LogP contribution in [-0.4, -0.2) is 192 Å². The molecule has 3 aromatic carbocycles. The van der Waals surface area contributed by atoms with Crippen LogP contribution in [0.2, 0.25) is 0 Å². The van der Waals surface area contributed by atoms with Crippen molar-refractivity contribution in [3.05, 3.63) is 89.0 Å². The number of alkyl carbamates (subject to hydrolysis) is 1. The Kier molecular flexibility index (Phi) is 24.6. The van der Waals surface area contributed by atoms with Gasteiger partial charge in [-0.15, -0.1) is 0 Å². The highest BCUT2D eigenvalue weighted by atomic mass is 16.6. The molecule has 0 bridgehead atoms. The van der Waals surface area contributed by atoms with Gasteiger partial charge in [0, 0.05) is 37.7 Å². The van der Waals surface area contributed by atoms with Gasteiger partial charge in [0.25, 0.3) is 11.8 Å². The minimum atomic E-state index is -1.02. The molecular formula is C51H68N4O16. The maximum atomic E-state index is 13.2. The highest BCUT2D eigenvalue weighted by molar-refractivity contribution is 6.25. The van der Waals surface area contributed by atoms with Crippen LogP contribution in [0.4, 0.5) is 10.5 Å². The summed E-state index contributed by atoms with van der Waals surface area (Å²) in [6.07, 6.45) is 0.402. The van der Waals surface area contributed by atoms with E-state index in [-0.39, 0.29) is 29.9 Å². The summed E-state index contributed by atoms with van der Waals surface area (Å²) < 4.78 is 61.0. The number of benzene rings is 3. The third-order valence-electron chi connectivity index (χ3n) is 11.5. The second-order valence-electron chi connectivity index (χ2n) is 16.3. The van der Waals surface area contributed by atoms with E-state index in [1.807, 2.05) is 24.3 Å². The Bertz CT molecular complexity index is 2080. The predicted molar refractivity (Wildman–Crippen MR) is 257 cm³/mol. The lowest BCUT2D eigenvalue weighted by Crippen LogP contribution is -2.54. The van der Waals surface area contributed by atoms with Crippen molar-refractivity contribution in [2.45, 2.75) is 31.2 Å². The molecule has 1 aliphatic carbocycles. The number of piperidine rings is 1. The van der Waals surface area contributed by atoms with Crippen LogP contribution in [0.5, 0.6) is 0 Å². The van der Waals surface area contributed by atoms with Crippen LogP contribution in [0.25, 0.3) is 11.1 Å². The summed E-state index contributed by atoms with van der Waals surface area (Å²) >= 11 is 0. The van der Waals surface area contributed by atoms with E-state index in [1.54, 1.807) is 18.2 Å². The average Bonchev–Trinajstić information content (AvgIpc) is 3.84. The standard InChI is InChI=1S/C51H68N4O16/c56-46-14-13-45(48(57)54-46)55-49(58)42-11-5-12-44(47(42)50(55)59)52-16-18-62-20-22-64-24-26-66-28-30-68-32-34-70-36-35-69-33-31-67-29-27-65-25-23-63-21-19-61-17-6-15-53-51(60)71-37-43-40-9-3-1-7-38(40)39-8-2-4-10-41(39)43/h1-5,7-12,43,45,52H,6,13-37H2,(H,53,60)(H,54,56,57). The molecule has 0 spiro atoms. The van der Waals surface area contributed by atoms with Gasteiger partial charge in [-0.05, 0) is 47.2 Å². The molecule has 71 heavy (non-hydrogen) atoms. The van der Waals surface area contributed by atoms with Crippen molar-refractivity contribution in [1.82, 2.24) is 15.5 Å². The molecule has 1 unspecified atom stereocenters. The van der Waals surface area contributed by atoms with Crippen LogP contribution >= 0.6 is 0 Å². The van der Waals surface area contributed by atoms with Gasteiger partial charge in [-0.2, -0.15) is 0 Å². The Morgan fingerprint density at radius 3 is 1.46 bits per heavy atom. The normalized spacial score (nSPS) is 15.2. The number of imide groups is 2. The summed E-state index contributed by atoms with van der Waals surface area (Å²) in [5.74, 6) is -2.15. The first-order valence-electron chi connectivity index (χ1n) is 24.4. The van der Waals surface area contributed by atoms with Gasteiger partial charge in [-0.25, -0.2) is 4.79 Å². The monoisotopic (exact) mass is 992 g/mol. The molecule has 0 saturated carbocycles. The molecule has 3 aliphatic rings. The number of amides is 5. The predicted octanol–water partition coefficient (Wildman–Crippen LogP) is 3.59. The van der Waals surface area contributed by atoms with Crippen molar-refractivity contribution in [3.63, 3.8) is 0 Å². The molecule has 3 N–H and O–H groups in total. The van der Waals surface area contributed by atoms with Gasteiger partial charge in [0.2, 0.25) is 11.8 Å². The first kappa shape index (κ1) is 54.9. The molecule has 0 radical (unpaired) electrons. The maximum Gasteiger partial charge on any atom is 0.407 e. The number of hydrogen-bond acceptors (Lipinski definition) is 17. The number of anilines is 1. The second kappa shape index (κ2) is 31.8. The zero-order valence-electron chi connectivity index (χ0n) is 40.4. The zero-order valence-corrected chi connectivity index (χ0v) is 40.4. The lowest BCUT2D eigenvalue weighted by Gasteiger charge is -2.27. The summed E-state index contributed by atoms with van der Waals surface area (Å²) in [6, 6.07) is 20.4. The first-order chi connectivity index (χ1) is 34.9. The molecule has 6 rings (SSSR count).